The summed E-state index contributed by atoms with van der Waals surface area (Å²) >= 11 is 0. The predicted molar refractivity (Wildman–Crippen MR) is 217 cm³/mol. The zero-order valence-corrected chi connectivity index (χ0v) is 34.3. The standard InChI is InChI=1S/C42H55N7O5S/c1-10-32-26-49(55(51)36-15-13-12-14-35(36)54-32)25-30-22-29(17-16-27(30)3)37(33-18-19-34(44-11-2)38(48-43)28(33)4)42(8,9)39(50)47-31-23-45-40(46-24-31)52-20-21-53-41(5,6)7/h12-19,22-24,32,37,43-44H,10-11,20-21,25-26H2,1-9H3,(H,47,50)/t32-,37+,55?/m1/s1. The average Bonchev–Trinajstić information content (AvgIpc) is 3.28. The smallest absolute Gasteiger partial charge is 0.316 e. The number of carbonyl (C=O) groups excluding carboxylic acids is 1. The number of fused-ring (bicyclic) bond motifs is 1. The maximum Gasteiger partial charge on any atom is 0.316 e. The normalized spacial score (nSPS) is 16.7. The highest BCUT2D eigenvalue weighted by atomic mass is 32.2. The summed E-state index contributed by atoms with van der Waals surface area (Å²) in [4.78, 5) is 23.7. The van der Waals surface area contributed by atoms with Gasteiger partial charge in [0, 0.05) is 25.6 Å². The largest absolute Gasteiger partial charge is 0.488 e. The van der Waals surface area contributed by atoms with Crippen LogP contribution in [0.1, 0.15) is 88.6 Å². The molecular formula is C42H55N7O5S. The Morgan fingerprint density at radius 3 is 2.45 bits per heavy atom. The van der Waals surface area contributed by atoms with Crippen LogP contribution in [-0.4, -0.2) is 62.4 Å². The molecule has 1 unspecified atom stereocenters. The van der Waals surface area contributed by atoms with Crippen molar-refractivity contribution < 1.29 is 23.2 Å². The number of para-hydroxylation sites is 1. The molecule has 12 nitrogen and oxygen atoms in total. The van der Waals surface area contributed by atoms with Gasteiger partial charge in [-0.2, -0.15) is 5.11 Å². The number of ether oxygens (including phenoxy) is 3. The number of amides is 1. The minimum absolute atomic E-state index is 0.122. The summed E-state index contributed by atoms with van der Waals surface area (Å²) in [6.07, 6.45) is 3.70. The first-order valence-electron chi connectivity index (χ1n) is 18.8. The molecule has 0 aliphatic carbocycles. The van der Waals surface area contributed by atoms with Crippen LogP contribution in [0.2, 0.25) is 0 Å². The van der Waals surface area contributed by atoms with Gasteiger partial charge < -0.3 is 24.8 Å². The molecule has 3 atom stereocenters. The monoisotopic (exact) mass is 769 g/mol. The van der Waals surface area contributed by atoms with Crippen molar-refractivity contribution in [3.05, 3.63) is 94.8 Å². The van der Waals surface area contributed by atoms with Gasteiger partial charge in [-0.05, 0) is 94.0 Å². The molecule has 4 aromatic rings. The molecule has 0 spiro atoms. The van der Waals surface area contributed by atoms with Gasteiger partial charge in [0.25, 0.3) is 0 Å². The molecular weight excluding hydrogens is 715 g/mol. The molecule has 13 heteroatoms. The van der Waals surface area contributed by atoms with Crippen LogP contribution in [-0.2, 0) is 27.1 Å². The quantitative estimate of drug-likeness (QED) is 0.0802. The van der Waals surface area contributed by atoms with E-state index in [1.165, 1.54) is 12.4 Å². The zero-order valence-electron chi connectivity index (χ0n) is 33.5. The van der Waals surface area contributed by atoms with Crippen LogP contribution in [0.5, 0.6) is 11.8 Å². The van der Waals surface area contributed by atoms with Crippen molar-refractivity contribution in [2.45, 2.75) is 97.8 Å². The van der Waals surface area contributed by atoms with E-state index in [1.807, 2.05) is 96.1 Å². The van der Waals surface area contributed by atoms with Crippen molar-refractivity contribution in [3.8, 4) is 11.8 Å². The molecule has 5 rings (SSSR count). The second kappa shape index (κ2) is 17.8. The third-order valence-electron chi connectivity index (χ3n) is 9.79. The highest BCUT2D eigenvalue weighted by molar-refractivity contribution is 7.82. The summed E-state index contributed by atoms with van der Waals surface area (Å²) in [5.74, 6) is -0.0709. The molecule has 55 heavy (non-hydrogen) atoms. The Kier molecular flexibility index (Phi) is 13.4. The Morgan fingerprint density at radius 2 is 1.78 bits per heavy atom. The Labute approximate surface area is 327 Å². The van der Waals surface area contributed by atoms with Gasteiger partial charge in [-0.25, -0.2) is 24.0 Å². The first kappa shape index (κ1) is 41.4. The molecule has 0 saturated heterocycles. The second-order valence-corrected chi connectivity index (χ2v) is 16.8. The van der Waals surface area contributed by atoms with Gasteiger partial charge in [-0.3, -0.25) is 4.79 Å². The van der Waals surface area contributed by atoms with E-state index in [0.29, 0.717) is 54.9 Å². The number of benzene rings is 3. The van der Waals surface area contributed by atoms with Crippen molar-refractivity contribution in [3.63, 3.8) is 0 Å². The highest BCUT2D eigenvalue weighted by Gasteiger charge is 2.41. The first-order chi connectivity index (χ1) is 26.2. The zero-order chi connectivity index (χ0) is 39.9. The van der Waals surface area contributed by atoms with Gasteiger partial charge in [-0.15, -0.1) is 0 Å². The minimum Gasteiger partial charge on any atom is -0.488 e. The van der Waals surface area contributed by atoms with Gasteiger partial charge in [-0.1, -0.05) is 57.2 Å². The maximum atomic E-state index is 14.4. The molecule has 3 aromatic carbocycles. The van der Waals surface area contributed by atoms with Crippen molar-refractivity contribution in [1.82, 2.24) is 14.3 Å². The Hall–Kier alpha value is -4.72. The van der Waals surface area contributed by atoms with Gasteiger partial charge in [0.15, 0.2) is 0 Å². The lowest BCUT2D eigenvalue weighted by Gasteiger charge is -2.36. The van der Waals surface area contributed by atoms with Crippen molar-refractivity contribution in [2.75, 3.05) is 36.9 Å². The van der Waals surface area contributed by atoms with Crippen molar-refractivity contribution in [2.24, 2.45) is 10.5 Å². The van der Waals surface area contributed by atoms with Gasteiger partial charge in [0.05, 0.1) is 46.3 Å². The Morgan fingerprint density at radius 1 is 1.05 bits per heavy atom. The molecule has 1 aliphatic rings. The number of aromatic nitrogens is 2. The van der Waals surface area contributed by atoms with E-state index >= 15 is 0 Å². The summed E-state index contributed by atoms with van der Waals surface area (Å²) in [7, 11) is -1.45. The number of rotatable bonds is 15. The second-order valence-electron chi connectivity index (χ2n) is 15.3. The van der Waals surface area contributed by atoms with E-state index in [4.69, 9.17) is 19.7 Å². The van der Waals surface area contributed by atoms with Gasteiger partial charge >= 0.3 is 6.01 Å². The number of hydrogen-bond acceptors (Lipinski definition) is 10. The van der Waals surface area contributed by atoms with E-state index in [2.05, 4.69) is 50.8 Å². The van der Waals surface area contributed by atoms with Crippen LogP contribution in [0.4, 0.5) is 17.1 Å². The average molecular weight is 770 g/mol. The SMILES string of the molecule is CCNc1ccc([C@H](c2ccc(C)c(CN3C[C@@H](CC)Oc4ccccc4S3=O)c2)C(C)(C)C(=O)Nc2cnc(OCCOC(C)(C)C)nc2)c(C)c1N=N. The van der Waals surface area contributed by atoms with E-state index in [-0.39, 0.29) is 23.6 Å². The van der Waals surface area contributed by atoms with Crippen LogP contribution < -0.4 is 20.1 Å². The van der Waals surface area contributed by atoms with Crippen LogP contribution in [0.3, 0.4) is 0 Å². The van der Waals surface area contributed by atoms with E-state index in [0.717, 1.165) is 39.9 Å². The Balaban J connectivity index is 1.50. The van der Waals surface area contributed by atoms with E-state index in [9.17, 15) is 9.00 Å². The molecule has 2 heterocycles. The fourth-order valence-corrected chi connectivity index (χ4v) is 8.08. The summed E-state index contributed by atoms with van der Waals surface area (Å²) in [6, 6.07) is 17.9. The van der Waals surface area contributed by atoms with Crippen molar-refractivity contribution >= 4 is 34.0 Å². The molecule has 294 valence electrons. The molecule has 0 saturated carbocycles. The third kappa shape index (κ3) is 9.94. The predicted octanol–water partition coefficient (Wildman–Crippen LogP) is 8.87. The molecule has 1 amide bonds. The summed E-state index contributed by atoms with van der Waals surface area (Å²) in [5.41, 5.74) is 13.1. The fraction of sp³-hybridized carbons (Fsp3) is 0.452. The molecule has 0 fully saturated rings. The number of nitrogens with zero attached hydrogens (tertiary/aromatic N) is 4. The number of aryl methyl sites for hydroxylation is 1. The lowest BCUT2D eigenvalue weighted by atomic mass is 9.69. The number of carbonyl (C=O) groups is 1. The van der Waals surface area contributed by atoms with Crippen LogP contribution in [0.25, 0.3) is 0 Å². The highest BCUT2D eigenvalue weighted by Crippen LogP contribution is 2.46. The van der Waals surface area contributed by atoms with Crippen LogP contribution in [0, 0.1) is 24.8 Å². The molecule has 1 aliphatic heterocycles. The maximum absolute atomic E-state index is 14.4. The van der Waals surface area contributed by atoms with Crippen molar-refractivity contribution in [1.29, 1.82) is 5.53 Å². The minimum atomic E-state index is -1.45. The Bertz CT molecular complexity index is 2000. The summed E-state index contributed by atoms with van der Waals surface area (Å²) in [5, 5.41) is 10.3. The topological polar surface area (TPSA) is 151 Å². The number of nitrogens with one attached hydrogen (secondary N) is 3. The number of anilines is 2. The fourth-order valence-electron chi connectivity index (χ4n) is 6.76. The molecule has 1 aromatic heterocycles. The van der Waals surface area contributed by atoms with Gasteiger partial charge in [0.1, 0.15) is 35.1 Å². The van der Waals surface area contributed by atoms with E-state index < -0.39 is 22.3 Å². The van der Waals surface area contributed by atoms with Crippen LogP contribution >= 0.6 is 0 Å². The molecule has 0 radical (unpaired) electrons. The van der Waals surface area contributed by atoms with Gasteiger partial charge in [0.2, 0.25) is 5.91 Å². The van der Waals surface area contributed by atoms with Crippen LogP contribution in [0.15, 0.2) is 77.0 Å². The number of hydrogen-bond donors (Lipinski definition) is 3. The lowest BCUT2D eigenvalue weighted by molar-refractivity contribution is -0.124. The third-order valence-corrected chi connectivity index (χ3v) is 11.2. The lowest BCUT2D eigenvalue weighted by Crippen LogP contribution is -2.37. The molecule has 3 N–H and O–H groups in total. The van der Waals surface area contributed by atoms with E-state index in [1.54, 1.807) is 0 Å². The summed E-state index contributed by atoms with van der Waals surface area (Å²) in [6.45, 7) is 20.1. The molecule has 0 bridgehead atoms. The summed E-state index contributed by atoms with van der Waals surface area (Å²) < 4.78 is 33.7. The first-order valence-corrected chi connectivity index (χ1v) is 19.9.